The van der Waals surface area contributed by atoms with E-state index < -0.39 is 15.7 Å². The Morgan fingerprint density at radius 2 is 1.68 bits per heavy atom. The molecule has 2 nitrogen and oxygen atoms in total. The summed E-state index contributed by atoms with van der Waals surface area (Å²) in [4.78, 5) is 0.401. The predicted octanol–water partition coefficient (Wildman–Crippen LogP) is 3.42. The molecular weight excluding hydrogens is 263 g/mol. The van der Waals surface area contributed by atoms with Crippen LogP contribution in [-0.2, 0) is 9.84 Å². The van der Waals surface area contributed by atoms with E-state index in [1.165, 1.54) is 24.3 Å². The lowest BCUT2D eigenvalue weighted by Gasteiger charge is -2.04. The van der Waals surface area contributed by atoms with Crippen LogP contribution in [-0.4, -0.2) is 8.42 Å². The zero-order valence-corrected chi connectivity index (χ0v) is 11.0. The number of halogens is 1. The fourth-order valence-electron chi connectivity index (χ4n) is 2.17. The summed E-state index contributed by atoms with van der Waals surface area (Å²) in [6.45, 7) is 1.94. The first-order valence-corrected chi connectivity index (χ1v) is 7.30. The summed E-state index contributed by atoms with van der Waals surface area (Å²) in [5.41, 5.74) is 2.10. The molecule has 96 valence electrons. The van der Waals surface area contributed by atoms with Crippen LogP contribution in [0.4, 0.5) is 4.39 Å². The minimum atomic E-state index is -3.53. The standard InChI is InChI=1S/C15H11FO2S/c1-10-2-4-11(5-3-10)15-9-12-8-13(16)6-7-14(12)19(15,17)18/h2-9H,1H3. The monoisotopic (exact) mass is 274 g/mol. The van der Waals surface area contributed by atoms with E-state index in [4.69, 9.17) is 0 Å². The average Bonchev–Trinajstić information content (AvgIpc) is 2.62. The van der Waals surface area contributed by atoms with Gasteiger partial charge in [-0.05, 0) is 42.3 Å². The van der Waals surface area contributed by atoms with Crippen LogP contribution < -0.4 is 0 Å². The highest BCUT2D eigenvalue weighted by atomic mass is 32.2. The molecule has 0 unspecified atom stereocenters. The van der Waals surface area contributed by atoms with Crippen molar-refractivity contribution in [3.8, 4) is 0 Å². The maximum atomic E-state index is 13.2. The van der Waals surface area contributed by atoms with Crippen LogP contribution in [0.3, 0.4) is 0 Å². The highest BCUT2D eigenvalue weighted by molar-refractivity contribution is 8.01. The van der Waals surface area contributed by atoms with Gasteiger partial charge in [0.2, 0.25) is 9.84 Å². The number of benzene rings is 2. The van der Waals surface area contributed by atoms with Crippen molar-refractivity contribution in [1.82, 2.24) is 0 Å². The van der Waals surface area contributed by atoms with Crippen LogP contribution in [0.2, 0.25) is 0 Å². The van der Waals surface area contributed by atoms with Gasteiger partial charge in [0.05, 0.1) is 9.80 Å². The molecule has 3 rings (SSSR count). The number of sulfone groups is 1. The quantitative estimate of drug-likeness (QED) is 0.747. The van der Waals surface area contributed by atoms with Crippen molar-refractivity contribution < 1.29 is 12.8 Å². The molecule has 0 bridgehead atoms. The van der Waals surface area contributed by atoms with Crippen molar-refractivity contribution in [2.75, 3.05) is 0 Å². The normalized spacial score (nSPS) is 16.0. The number of rotatable bonds is 1. The van der Waals surface area contributed by atoms with Crippen LogP contribution in [0.15, 0.2) is 47.4 Å². The molecule has 0 atom stereocenters. The van der Waals surface area contributed by atoms with Gasteiger partial charge < -0.3 is 0 Å². The molecule has 0 aliphatic carbocycles. The maximum Gasteiger partial charge on any atom is 0.207 e. The molecule has 0 saturated carbocycles. The van der Waals surface area contributed by atoms with Crippen LogP contribution in [0.25, 0.3) is 11.0 Å². The van der Waals surface area contributed by atoms with Gasteiger partial charge in [0.25, 0.3) is 0 Å². The van der Waals surface area contributed by atoms with Crippen molar-refractivity contribution in [2.24, 2.45) is 0 Å². The topological polar surface area (TPSA) is 34.1 Å². The van der Waals surface area contributed by atoms with Crippen molar-refractivity contribution in [3.63, 3.8) is 0 Å². The Balaban J connectivity index is 2.20. The van der Waals surface area contributed by atoms with E-state index in [9.17, 15) is 12.8 Å². The van der Waals surface area contributed by atoms with Crippen molar-refractivity contribution in [2.45, 2.75) is 11.8 Å². The van der Waals surface area contributed by atoms with E-state index in [2.05, 4.69) is 0 Å². The average molecular weight is 274 g/mol. The second-order valence-electron chi connectivity index (χ2n) is 4.56. The van der Waals surface area contributed by atoms with Crippen molar-refractivity contribution in [3.05, 3.63) is 65.0 Å². The molecule has 2 aromatic rings. The molecule has 0 aromatic heterocycles. The summed E-state index contributed by atoms with van der Waals surface area (Å²) in [7, 11) is -3.53. The predicted molar refractivity (Wildman–Crippen MR) is 72.6 cm³/mol. The van der Waals surface area contributed by atoms with Gasteiger partial charge in [0.1, 0.15) is 5.82 Å². The van der Waals surface area contributed by atoms with Gasteiger partial charge in [-0.25, -0.2) is 12.8 Å². The Morgan fingerprint density at radius 3 is 2.37 bits per heavy atom. The van der Waals surface area contributed by atoms with E-state index in [0.29, 0.717) is 11.1 Å². The Labute approximate surface area is 111 Å². The molecule has 0 saturated heterocycles. The zero-order valence-electron chi connectivity index (χ0n) is 10.2. The lowest BCUT2D eigenvalue weighted by molar-refractivity contribution is 0.605. The largest absolute Gasteiger partial charge is 0.218 e. The van der Waals surface area contributed by atoms with Crippen LogP contribution in [0, 0.1) is 12.7 Å². The second-order valence-corrected chi connectivity index (χ2v) is 6.45. The Bertz CT molecular complexity index is 787. The Hall–Kier alpha value is -1.94. The molecule has 0 fully saturated rings. The summed E-state index contributed by atoms with van der Waals surface area (Å²) < 4.78 is 38.0. The first-order chi connectivity index (χ1) is 8.98. The van der Waals surface area contributed by atoms with E-state index in [1.807, 2.05) is 19.1 Å². The molecule has 0 radical (unpaired) electrons. The molecule has 1 aliphatic heterocycles. The third-order valence-corrected chi connectivity index (χ3v) is 5.06. The highest BCUT2D eigenvalue weighted by Gasteiger charge is 2.30. The van der Waals surface area contributed by atoms with Gasteiger partial charge in [-0.2, -0.15) is 0 Å². The van der Waals surface area contributed by atoms with Crippen LogP contribution >= 0.6 is 0 Å². The fourth-order valence-corrected chi connectivity index (χ4v) is 3.81. The first-order valence-electron chi connectivity index (χ1n) is 5.82. The van der Waals surface area contributed by atoms with Gasteiger partial charge in [-0.1, -0.05) is 29.8 Å². The first kappa shape index (κ1) is 12.1. The van der Waals surface area contributed by atoms with E-state index >= 15 is 0 Å². The lowest BCUT2D eigenvalue weighted by Crippen LogP contribution is -2.00. The third-order valence-electron chi connectivity index (χ3n) is 3.17. The summed E-state index contributed by atoms with van der Waals surface area (Å²) in [6.07, 6.45) is 1.53. The van der Waals surface area contributed by atoms with E-state index in [-0.39, 0.29) is 9.80 Å². The summed E-state index contributed by atoms with van der Waals surface area (Å²) in [6, 6.07) is 11.0. The zero-order chi connectivity index (χ0) is 13.6. The molecule has 4 heteroatoms. The van der Waals surface area contributed by atoms with Crippen molar-refractivity contribution in [1.29, 1.82) is 0 Å². The number of aryl methyl sites for hydroxylation is 1. The van der Waals surface area contributed by atoms with Crippen LogP contribution in [0.5, 0.6) is 0 Å². The number of hydrogen-bond donors (Lipinski definition) is 0. The minimum absolute atomic E-state index is 0.171. The van der Waals surface area contributed by atoms with Gasteiger partial charge in [-0.15, -0.1) is 0 Å². The van der Waals surface area contributed by atoms with E-state index in [0.717, 1.165) is 5.56 Å². The lowest BCUT2D eigenvalue weighted by atomic mass is 10.1. The van der Waals surface area contributed by atoms with Crippen molar-refractivity contribution >= 4 is 20.8 Å². The summed E-state index contributed by atoms with van der Waals surface area (Å²) >= 11 is 0. The fraction of sp³-hybridized carbons (Fsp3) is 0.0667. The van der Waals surface area contributed by atoms with Gasteiger partial charge >= 0.3 is 0 Å². The molecule has 2 aromatic carbocycles. The molecular formula is C15H11FO2S. The molecule has 0 spiro atoms. The Morgan fingerprint density at radius 1 is 1.00 bits per heavy atom. The molecule has 0 N–H and O–H groups in total. The highest BCUT2D eigenvalue weighted by Crippen LogP contribution is 2.38. The maximum absolute atomic E-state index is 13.2. The number of hydrogen-bond acceptors (Lipinski definition) is 2. The van der Waals surface area contributed by atoms with E-state index in [1.54, 1.807) is 12.1 Å². The van der Waals surface area contributed by atoms with Crippen LogP contribution in [0.1, 0.15) is 16.7 Å². The minimum Gasteiger partial charge on any atom is -0.218 e. The smallest absolute Gasteiger partial charge is 0.207 e. The third kappa shape index (κ3) is 1.88. The summed E-state index contributed by atoms with van der Waals surface area (Å²) in [5.74, 6) is -0.435. The molecule has 0 amide bonds. The Kier molecular flexibility index (Phi) is 2.57. The molecule has 1 aliphatic rings. The number of fused-ring (bicyclic) bond motifs is 1. The molecule has 1 heterocycles. The van der Waals surface area contributed by atoms with Gasteiger partial charge in [0, 0.05) is 0 Å². The van der Waals surface area contributed by atoms with Gasteiger partial charge in [-0.3, -0.25) is 0 Å². The van der Waals surface area contributed by atoms with Gasteiger partial charge in [0.15, 0.2) is 0 Å². The SMILES string of the molecule is Cc1ccc(C2=Cc3cc(F)ccc3S2(=O)=O)cc1. The summed E-state index contributed by atoms with van der Waals surface area (Å²) in [5, 5.41) is 0. The molecule has 19 heavy (non-hydrogen) atoms. The second kappa shape index (κ2) is 4.03.